The smallest absolute Gasteiger partial charge is 0.0669 e. The van der Waals surface area contributed by atoms with Crippen LogP contribution in [0.1, 0.15) is 40.9 Å². The Bertz CT molecular complexity index is 3240. The first-order chi connectivity index (χ1) is 30.5. The van der Waals surface area contributed by atoms with Crippen LogP contribution in [0.25, 0.3) is 55.7 Å². The number of fused-ring (bicyclic) bond motifs is 5. The molecular formula is C59H45N3. The van der Waals surface area contributed by atoms with Gasteiger partial charge in [0, 0.05) is 44.9 Å². The highest BCUT2D eigenvalue weighted by Gasteiger charge is 2.41. The summed E-state index contributed by atoms with van der Waals surface area (Å²) in [4.78, 5) is 2.30. The fourth-order valence-electron chi connectivity index (χ4n) is 9.65. The molecule has 0 amide bonds. The molecule has 9 aromatic rings. The van der Waals surface area contributed by atoms with Gasteiger partial charge in [-0.25, -0.2) is 0 Å². The summed E-state index contributed by atoms with van der Waals surface area (Å²) in [7, 11) is 0. The molecule has 0 saturated carbocycles. The maximum atomic E-state index is 4.68. The third kappa shape index (κ3) is 6.38. The number of nitrogens with one attached hydrogen (secondary N) is 1. The zero-order valence-electron chi connectivity index (χ0n) is 34.6. The highest BCUT2D eigenvalue weighted by atomic mass is 15.1. The standard InChI is InChI=1S/C59H45N3/c1-41-38-46(35-37-61(53-30-15-14-28-50(41)53)49-27-16-22-44(39-49)42-18-6-3-7-19-42)45-32-33-55-52(40-45)57-56(62(55)54-31-17-21-43-20-12-13-29-51(43)54)34-36-59(2,47-23-8-4-9-24-47)58(57)60-48-25-10-5-11-26-48/h3-40,58,60H,1H2,2H3/b37-35-,46-38+. The van der Waals surface area contributed by atoms with E-state index in [-0.39, 0.29) is 11.5 Å². The molecule has 0 radical (unpaired) electrons. The van der Waals surface area contributed by atoms with E-state index in [0.29, 0.717) is 0 Å². The Labute approximate surface area is 363 Å². The van der Waals surface area contributed by atoms with Gasteiger partial charge in [-0.2, -0.15) is 0 Å². The van der Waals surface area contributed by atoms with Gasteiger partial charge in [0.05, 0.1) is 28.6 Å². The minimum atomic E-state index is -0.371. The van der Waals surface area contributed by atoms with Crippen LogP contribution in [0, 0.1) is 0 Å². The zero-order valence-corrected chi connectivity index (χ0v) is 34.6. The maximum absolute atomic E-state index is 4.68. The monoisotopic (exact) mass is 795 g/mol. The number of hydrogen-bond acceptors (Lipinski definition) is 2. The molecule has 1 N–H and O–H groups in total. The molecule has 0 bridgehead atoms. The highest BCUT2D eigenvalue weighted by Crippen LogP contribution is 2.50. The fraction of sp³-hybridized carbons (Fsp3) is 0.0508. The molecule has 8 aromatic carbocycles. The van der Waals surface area contributed by atoms with Crippen molar-refractivity contribution in [3.8, 4) is 16.8 Å². The van der Waals surface area contributed by atoms with Gasteiger partial charge < -0.3 is 14.8 Å². The molecule has 296 valence electrons. The molecule has 2 heterocycles. The van der Waals surface area contributed by atoms with Crippen molar-refractivity contribution >= 4 is 56.0 Å². The fourth-order valence-corrected chi connectivity index (χ4v) is 9.65. The SMILES string of the molecule is C=C1/C=C(c2ccc3c(c2)c2c(n3-c3cccc4ccccc34)C=CC(C)(c3ccccc3)C2Nc2ccccc2)\C=C/N(c2cccc(-c3ccccc3)c2)c2ccccc21. The number of para-hydroxylation sites is 2. The van der Waals surface area contributed by atoms with Crippen LogP contribution >= 0.6 is 0 Å². The topological polar surface area (TPSA) is 20.2 Å². The molecule has 11 rings (SSSR count). The summed E-state index contributed by atoms with van der Waals surface area (Å²) in [5.74, 6) is 0. The van der Waals surface area contributed by atoms with Crippen molar-refractivity contribution in [2.45, 2.75) is 18.4 Å². The molecule has 62 heavy (non-hydrogen) atoms. The Morgan fingerprint density at radius 3 is 2.08 bits per heavy atom. The quantitative estimate of drug-likeness (QED) is 0.173. The number of aromatic nitrogens is 1. The Morgan fingerprint density at radius 2 is 1.24 bits per heavy atom. The van der Waals surface area contributed by atoms with Crippen molar-refractivity contribution < 1.29 is 0 Å². The van der Waals surface area contributed by atoms with E-state index >= 15 is 0 Å². The number of allylic oxidation sites excluding steroid dienone is 4. The normalized spacial score (nSPS) is 18.3. The Hall–Kier alpha value is -7.88. The van der Waals surface area contributed by atoms with Crippen molar-refractivity contribution in [1.82, 2.24) is 4.57 Å². The Morgan fingerprint density at radius 1 is 0.565 bits per heavy atom. The van der Waals surface area contributed by atoms with Crippen LogP contribution in [0.3, 0.4) is 0 Å². The van der Waals surface area contributed by atoms with Crippen molar-refractivity contribution in [3.63, 3.8) is 0 Å². The third-order valence-corrected chi connectivity index (χ3v) is 12.8. The number of nitrogens with zero attached hydrogens (tertiary/aromatic N) is 2. The van der Waals surface area contributed by atoms with Crippen LogP contribution in [0.4, 0.5) is 17.1 Å². The molecule has 2 aliphatic rings. The molecular weight excluding hydrogens is 751 g/mol. The van der Waals surface area contributed by atoms with Crippen molar-refractivity contribution in [2.75, 3.05) is 10.2 Å². The van der Waals surface area contributed by atoms with Crippen molar-refractivity contribution in [1.29, 1.82) is 0 Å². The minimum Gasteiger partial charge on any atom is -0.377 e. The summed E-state index contributed by atoms with van der Waals surface area (Å²) < 4.78 is 2.48. The van der Waals surface area contributed by atoms with Gasteiger partial charge in [0.15, 0.2) is 0 Å². The largest absolute Gasteiger partial charge is 0.377 e. The molecule has 1 aliphatic carbocycles. The van der Waals surface area contributed by atoms with Crippen molar-refractivity contribution in [3.05, 3.63) is 259 Å². The van der Waals surface area contributed by atoms with E-state index in [9.17, 15) is 0 Å². The lowest BCUT2D eigenvalue weighted by Gasteiger charge is -2.40. The van der Waals surface area contributed by atoms with E-state index < -0.39 is 0 Å². The number of rotatable bonds is 7. The van der Waals surface area contributed by atoms with E-state index in [4.69, 9.17) is 0 Å². The summed E-state index contributed by atoms with van der Waals surface area (Å²) >= 11 is 0. The van der Waals surface area contributed by atoms with Gasteiger partial charge in [0.25, 0.3) is 0 Å². The summed E-state index contributed by atoms with van der Waals surface area (Å²) in [5.41, 5.74) is 15.6. The summed E-state index contributed by atoms with van der Waals surface area (Å²) in [6, 6.07) is 71.8. The maximum Gasteiger partial charge on any atom is 0.0669 e. The van der Waals surface area contributed by atoms with Gasteiger partial charge in [-0.1, -0.05) is 164 Å². The van der Waals surface area contributed by atoms with E-state index in [0.717, 1.165) is 50.5 Å². The predicted molar refractivity (Wildman–Crippen MR) is 263 cm³/mol. The lowest BCUT2D eigenvalue weighted by atomic mass is 9.69. The van der Waals surface area contributed by atoms with Crippen LogP contribution in [-0.2, 0) is 5.41 Å². The lowest BCUT2D eigenvalue weighted by Crippen LogP contribution is -2.36. The second-order valence-corrected chi connectivity index (χ2v) is 16.5. The summed E-state index contributed by atoms with van der Waals surface area (Å²) in [6.45, 7) is 7.05. The van der Waals surface area contributed by atoms with Crippen LogP contribution in [-0.4, -0.2) is 4.57 Å². The average Bonchev–Trinajstić information content (AvgIpc) is 3.66. The Kier molecular flexibility index (Phi) is 9.17. The summed E-state index contributed by atoms with van der Waals surface area (Å²) in [6.07, 6.45) is 11.5. The summed E-state index contributed by atoms with van der Waals surface area (Å²) in [5, 5.41) is 7.72. The molecule has 3 heteroatoms. The van der Waals surface area contributed by atoms with Gasteiger partial charge in [0.1, 0.15) is 0 Å². The zero-order chi connectivity index (χ0) is 41.6. The molecule has 2 atom stereocenters. The van der Waals surface area contributed by atoms with E-state index in [1.807, 2.05) is 0 Å². The van der Waals surface area contributed by atoms with Gasteiger partial charge in [-0.15, -0.1) is 0 Å². The number of anilines is 3. The molecule has 0 fully saturated rings. The van der Waals surface area contributed by atoms with Gasteiger partial charge in [-0.3, -0.25) is 0 Å². The van der Waals surface area contributed by atoms with Crippen LogP contribution < -0.4 is 10.2 Å². The number of hydrogen-bond donors (Lipinski definition) is 1. The van der Waals surface area contributed by atoms with Crippen LogP contribution in [0.15, 0.2) is 231 Å². The first-order valence-corrected chi connectivity index (χ1v) is 21.4. The molecule has 0 saturated heterocycles. The first kappa shape index (κ1) is 37.1. The highest BCUT2D eigenvalue weighted by molar-refractivity contribution is 6.00. The third-order valence-electron chi connectivity index (χ3n) is 12.8. The molecule has 1 aromatic heterocycles. The average molecular weight is 796 g/mol. The Balaban J connectivity index is 1.12. The lowest BCUT2D eigenvalue weighted by molar-refractivity contribution is 0.499. The second-order valence-electron chi connectivity index (χ2n) is 16.5. The molecule has 0 spiro atoms. The van der Waals surface area contributed by atoms with E-state index in [1.54, 1.807) is 0 Å². The van der Waals surface area contributed by atoms with Gasteiger partial charge >= 0.3 is 0 Å². The van der Waals surface area contributed by atoms with E-state index in [1.165, 1.54) is 44.1 Å². The minimum absolute atomic E-state index is 0.0997. The first-order valence-electron chi connectivity index (χ1n) is 21.4. The van der Waals surface area contributed by atoms with Crippen LogP contribution in [0.5, 0.6) is 0 Å². The second kappa shape index (κ2) is 15.3. The van der Waals surface area contributed by atoms with E-state index in [2.05, 4.69) is 259 Å². The number of benzene rings is 8. The molecule has 2 unspecified atom stereocenters. The predicted octanol–water partition coefficient (Wildman–Crippen LogP) is 15.4. The molecule has 1 aliphatic heterocycles. The van der Waals surface area contributed by atoms with Crippen molar-refractivity contribution in [2.24, 2.45) is 0 Å². The molecule has 3 nitrogen and oxygen atoms in total. The van der Waals surface area contributed by atoms with Gasteiger partial charge in [-0.05, 0) is 112 Å². The van der Waals surface area contributed by atoms with Gasteiger partial charge in [0.2, 0.25) is 0 Å². The van der Waals surface area contributed by atoms with Crippen LogP contribution in [0.2, 0.25) is 0 Å².